The van der Waals surface area contributed by atoms with Crippen molar-refractivity contribution in [3.8, 4) is 0 Å². The van der Waals surface area contributed by atoms with Crippen LogP contribution >= 0.6 is 0 Å². The Kier molecular flexibility index (Phi) is 3.91. The van der Waals surface area contributed by atoms with Gasteiger partial charge in [0.25, 0.3) is 0 Å². The molecule has 1 saturated heterocycles. The molecule has 2 rings (SSSR count). The third-order valence-corrected chi connectivity index (χ3v) is 5.16. The van der Waals surface area contributed by atoms with E-state index in [2.05, 4.69) is 4.90 Å². The molecule has 19 heavy (non-hydrogen) atoms. The van der Waals surface area contributed by atoms with E-state index < -0.39 is 10.0 Å². The normalized spacial score (nSPS) is 16.1. The molecule has 1 aliphatic rings. The zero-order valence-electron chi connectivity index (χ0n) is 11.2. The van der Waals surface area contributed by atoms with Gasteiger partial charge in [0.15, 0.2) is 6.29 Å². The number of benzene rings is 1. The average molecular weight is 282 g/mol. The van der Waals surface area contributed by atoms with Gasteiger partial charge in [0, 0.05) is 38.4 Å². The number of anilines is 1. The smallest absolute Gasteiger partial charge is 0.242 e. The van der Waals surface area contributed by atoms with Crippen LogP contribution in [0, 0.1) is 0 Å². The Morgan fingerprint density at radius 3 is 2.37 bits per heavy atom. The van der Waals surface area contributed by atoms with Crippen molar-refractivity contribution in [1.29, 1.82) is 0 Å². The fourth-order valence-corrected chi connectivity index (χ4v) is 3.18. The Bertz CT molecular complexity index is 576. The molecule has 1 aromatic rings. The van der Waals surface area contributed by atoms with Crippen LogP contribution in [-0.4, -0.2) is 46.2 Å². The van der Waals surface area contributed by atoms with Gasteiger partial charge in [-0.05, 0) is 31.0 Å². The highest BCUT2D eigenvalue weighted by Gasteiger charge is 2.21. The second kappa shape index (κ2) is 5.30. The monoisotopic (exact) mass is 282 g/mol. The summed E-state index contributed by atoms with van der Waals surface area (Å²) < 4.78 is 25.2. The van der Waals surface area contributed by atoms with Crippen molar-refractivity contribution >= 4 is 22.0 Å². The molecule has 0 aliphatic carbocycles. The van der Waals surface area contributed by atoms with Crippen LogP contribution in [0.5, 0.6) is 0 Å². The SMILES string of the molecule is CN(C)S(=O)(=O)c1ccc(N2CCCC2)c(C=O)c1. The Balaban J connectivity index is 2.44. The van der Waals surface area contributed by atoms with Crippen LogP contribution in [0.25, 0.3) is 0 Å². The van der Waals surface area contributed by atoms with Crippen molar-refractivity contribution in [2.45, 2.75) is 17.7 Å². The second-order valence-corrected chi connectivity index (χ2v) is 6.97. The molecule has 104 valence electrons. The molecule has 0 spiro atoms. The van der Waals surface area contributed by atoms with E-state index in [9.17, 15) is 13.2 Å². The van der Waals surface area contributed by atoms with Crippen LogP contribution < -0.4 is 4.90 Å². The van der Waals surface area contributed by atoms with Crippen LogP contribution in [-0.2, 0) is 10.0 Å². The maximum absolute atomic E-state index is 12.0. The van der Waals surface area contributed by atoms with Crippen molar-refractivity contribution in [3.63, 3.8) is 0 Å². The van der Waals surface area contributed by atoms with E-state index >= 15 is 0 Å². The quantitative estimate of drug-likeness (QED) is 0.782. The molecule has 1 fully saturated rings. The first kappa shape index (κ1) is 14.0. The van der Waals surface area contributed by atoms with Gasteiger partial charge < -0.3 is 4.90 Å². The maximum atomic E-state index is 12.0. The largest absolute Gasteiger partial charge is 0.371 e. The van der Waals surface area contributed by atoms with Gasteiger partial charge in [-0.2, -0.15) is 0 Å². The lowest BCUT2D eigenvalue weighted by Gasteiger charge is -2.20. The number of carbonyl (C=O) groups is 1. The second-order valence-electron chi connectivity index (χ2n) is 4.82. The van der Waals surface area contributed by atoms with E-state index in [-0.39, 0.29) is 4.90 Å². The summed E-state index contributed by atoms with van der Waals surface area (Å²) in [4.78, 5) is 13.5. The minimum Gasteiger partial charge on any atom is -0.371 e. The van der Waals surface area contributed by atoms with Crippen molar-refractivity contribution < 1.29 is 13.2 Å². The minimum absolute atomic E-state index is 0.155. The summed E-state index contributed by atoms with van der Waals surface area (Å²) in [6, 6.07) is 4.75. The number of aldehydes is 1. The number of hydrogen-bond donors (Lipinski definition) is 0. The van der Waals surface area contributed by atoms with Crippen molar-refractivity contribution in [2.75, 3.05) is 32.1 Å². The third kappa shape index (κ3) is 2.64. The van der Waals surface area contributed by atoms with Crippen LogP contribution in [0.4, 0.5) is 5.69 Å². The van der Waals surface area contributed by atoms with Gasteiger partial charge in [-0.25, -0.2) is 12.7 Å². The lowest BCUT2D eigenvalue weighted by molar-refractivity contribution is 0.112. The predicted octanol–water partition coefficient (Wildman–Crippen LogP) is 1.35. The fraction of sp³-hybridized carbons (Fsp3) is 0.462. The number of rotatable bonds is 4. The zero-order valence-corrected chi connectivity index (χ0v) is 12.0. The van der Waals surface area contributed by atoms with E-state index in [0.29, 0.717) is 5.56 Å². The molecule has 1 heterocycles. The van der Waals surface area contributed by atoms with Gasteiger partial charge in [-0.3, -0.25) is 4.79 Å². The molecule has 0 radical (unpaired) electrons. The Hall–Kier alpha value is -1.40. The molecule has 6 heteroatoms. The van der Waals surface area contributed by atoms with Gasteiger partial charge in [0.1, 0.15) is 0 Å². The summed E-state index contributed by atoms with van der Waals surface area (Å²) in [6.45, 7) is 1.83. The fourth-order valence-electron chi connectivity index (χ4n) is 2.24. The molecule has 0 aromatic heterocycles. The summed E-state index contributed by atoms with van der Waals surface area (Å²) >= 11 is 0. The van der Waals surface area contributed by atoms with Gasteiger partial charge in [-0.15, -0.1) is 0 Å². The summed E-state index contributed by atoms with van der Waals surface area (Å²) in [5.41, 5.74) is 1.26. The van der Waals surface area contributed by atoms with E-state index in [1.165, 1.54) is 20.2 Å². The number of hydrogen-bond acceptors (Lipinski definition) is 4. The van der Waals surface area contributed by atoms with Crippen molar-refractivity contribution in [3.05, 3.63) is 23.8 Å². The average Bonchev–Trinajstić information content (AvgIpc) is 2.91. The van der Waals surface area contributed by atoms with Crippen LogP contribution in [0.1, 0.15) is 23.2 Å². The minimum atomic E-state index is -3.49. The maximum Gasteiger partial charge on any atom is 0.242 e. The number of carbonyl (C=O) groups excluding carboxylic acids is 1. The molecule has 1 aromatic carbocycles. The van der Waals surface area contributed by atoms with Crippen molar-refractivity contribution in [2.24, 2.45) is 0 Å². The predicted molar refractivity (Wildman–Crippen MR) is 74.1 cm³/mol. The van der Waals surface area contributed by atoms with Gasteiger partial charge in [0.05, 0.1) is 4.90 Å². The van der Waals surface area contributed by atoms with Crippen LogP contribution in [0.3, 0.4) is 0 Å². The Morgan fingerprint density at radius 1 is 1.21 bits per heavy atom. The molecule has 0 bridgehead atoms. The summed E-state index contributed by atoms with van der Waals surface area (Å²) in [5, 5.41) is 0. The molecule has 0 amide bonds. The Morgan fingerprint density at radius 2 is 1.84 bits per heavy atom. The molecule has 0 saturated carbocycles. The van der Waals surface area contributed by atoms with E-state index in [1.54, 1.807) is 12.1 Å². The highest BCUT2D eigenvalue weighted by Crippen LogP contribution is 2.26. The highest BCUT2D eigenvalue weighted by molar-refractivity contribution is 7.89. The molecule has 0 unspecified atom stereocenters. The van der Waals surface area contributed by atoms with E-state index in [0.717, 1.165) is 42.2 Å². The Labute approximate surface area is 113 Å². The molecule has 0 atom stereocenters. The first-order valence-corrected chi connectivity index (χ1v) is 7.67. The molecular weight excluding hydrogens is 264 g/mol. The lowest BCUT2D eigenvalue weighted by atomic mass is 10.2. The van der Waals surface area contributed by atoms with Crippen molar-refractivity contribution in [1.82, 2.24) is 4.31 Å². The molecule has 1 aliphatic heterocycles. The third-order valence-electron chi connectivity index (χ3n) is 3.35. The van der Waals surface area contributed by atoms with Gasteiger partial charge in [-0.1, -0.05) is 0 Å². The van der Waals surface area contributed by atoms with Gasteiger partial charge >= 0.3 is 0 Å². The number of nitrogens with zero attached hydrogens (tertiary/aromatic N) is 2. The zero-order chi connectivity index (χ0) is 14.0. The molecular formula is C13H18N2O3S. The highest BCUT2D eigenvalue weighted by atomic mass is 32.2. The molecule has 0 N–H and O–H groups in total. The van der Waals surface area contributed by atoms with E-state index in [1.807, 2.05) is 0 Å². The first-order chi connectivity index (χ1) is 8.96. The number of sulfonamides is 1. The van der Waals surface area contributed by atoms with Crippen LogP contribution in [0.2, 0.25) is 0 Å². The topological polar surface area (TPSA) is 57.7 Å². The van der Waals surface area contributed by atoms with Crippen LogP contribution in [0.15, 0.2) is 23.1 Å². The lowest BCUT2D eigenvalue weighted by Crippen LogP contribution is -2.23. The summed E-state index contributed by atoms with van der Waals surface area (Å²) in [7, 11) is -0.541. The van der Waals surface area contributed by atoms with Gasteiger partial charge in [0.2, 0.25) is 10.0 Å². The summed E-state index contributed by atoms with van der Waals surface area (Å²) in [6.07, 6.45) is 2.94. The summed E-state index contributed by atoms with van der Waals surface area (Å²) in [5.74, 6) is 0. The molecule has 5 nitrogen and oxygen atoms in total. The standard InChI is InChI=1S/C13H18N2O3S/c1-14(2)19(17,18)12-5-6-13(11(9-12)10-16)15-7-3-4-8-15/h5-6,9-10H,3-4,7-8H2,1-2H3. The van der Waals surface area contributed by atoms with E-state index in [4.69, 9.17) is 0 Å². The first-order valence-electron chi connectivity index (χ1n) is 6.23.